The molecule has 8 heteroatoms. The molecule has 28 heavy (non-hydrogen) atoms. The topological polar surface area (TPSA) is 93.8 Å². The molecule has 0 aliphatic carbocycles. The molecule has 6 nitrogen and oxygen atoms in total. The Kier molecular flexibility index (Phi) is 5.11. The first-order valence-corrected chi connectivity index (χ1v) is 12.1. The molecule has 2 fully saturated rings. The molecule has 2 aliphatic rings. The monoisotopic (exact) mass is 423 g/mol. The van der Waals surface area contributed by atoms with Crippen molar-refractivity contribution >= 4 is 33.0 Å². The van der Waals surface area contributed by atoms with Crippen LogP contribution in [0.3, 0.4) is 0 Å². The van der Waals surface area contributed by atoms with Crippen molar-refractivity contribution in [1.82, 2.24) is 5.01 Å². The lowest BCUT2D eigenvalue weighted by atomic mass is 9.78. The molecule has 2 saturated heterocycles. The number of aromatic hydroxyl groups is 1. The van der Waals surface area contributed by atoms with Crippen LogP contribution in [-0.2, 0) is 20.7 Å². The van der Waals surface area contributed by atoms with Crippen LogP contribution in [0.4, 0.5) is 0 Å². The standard InChI is InChI=1S/C20H29N3O3S2/c1-19(2,3)13-7-12(8-14(17(13)24)20(4,5)6)9-22-23-15-10-28(25,26)11-16(15)27-18(23)21/h7-9,15-16,21,24H,10-11H2,1-6H3/b21-18?,22-9-/t15-,16+/m1/s1. The van der Waals surface area contributed by atoms with E-state index in [0.29, 0.717) is 5.75 Å². The number of nitrogens with one attached hydrogen (secondary N) is 1. The number of hydrogen-bond donors (Lipinski definition) is 2. The van der Waals surface area contributed by atoms with Gasteiger partial charge < -0.3 is 5.11 Å². The number of rotatable bonds is 2. The first-order chi connectivity index (χ1) is 12.7. The van der Waals surface area contributed by atoms with Gasteiger partial charge in [-0.3, -0.25) is 5.41 Å². The summed E-state index contributed by atoms with van der Waals surface area (Å²) in [6, 6.07) is 3.56. The van der Waals surface area contributed by atoms with Gasteiger partial charge in [0.05, 0.1) is 23.8 Å². The van der Waals surface area contributed by atoms with Crippen LogP contribution >= 0.6 is 11.8 Å². The molecule has 0 radical (unpaired) electrons. The molecule has 0 saturated carbocycles. The number of nitrogens with zero attached hydrogens (tertiary/aromatic N) is 2. The summed E-state index contributed by atoms with van der Waals surface area (Å²) in [4.78, 5) is 0. The molecule has 0 aromatic heterocycles. The fourth-order valence-electron chi connectivity index (χ4n) is 3.63. The number of amidine groups is 1. The summed E-state index contributed by atoms with van der Waals surface area (Å²) in [5, 5.41) is 25.2. The number of phenolic OH excluding ortho intramolecular Hbond substituents is 1. The number of phenols is 1. The minimum Gasteiger partial charge on any atom is -0.507 e. The number of hydrazone groups is 1. The van der Waals surface area contributed by atoms with E-state index in [1.165, 1.54) is 16.8 Å². The predicted octanol–water partition coefficient (Wildman–Crippen LogP) is 3.47. The Labute approximate surface area is 171 Å². The van der Waals surface area contributed by atoms with Crippen LogP contribution in [0.1, 0.15) is 58.2 Å². The molecule has 2 atom stereocenters. The quantitative estimate of drug-likeness (QED) is 0.711. The third kappa shape index (κ3) is 4.08. The molecule has 1 aromatic rings. The van der Waals surface area contributed by atoms with Crippen LogP contribution in [0.5, 0.6) is 5.75 Å². The molecule has 2 heterocycles. The Morgan fingerprint density at radius 2 is 1.68 bits per heavy atom. The lowest BCUT2D eigenvalue weighted by Crippen LogP contribution is -2.32. The second kappa shape index (κ2) is 6.76. The highest BCUT2D eigenvalue weighted by Crippen LogP contribution is 2.40. The highest BCUT2D eigenvalue weighted by atomic mass is 32.2. The molecule has 0 spiro atoms. The molecule has 2 aliphatic heterocycles. The lowest BCUT2D eigenvalue weighted by Gasteiger charge is -2.28. The average Bonchev–Trinajstić information content (AvgIpc) is 2.94. The van der Waals surface area contributed by atoms with Crippen molar-refractivity contribution in [2.45, 2.75) is 63.7 Å². The maximum atomic E-state index is 11.9. The van der Waals surface area contributed by atoms with Crippen molar-refractivity contribution < 1.29 is 13.5 Å². The van der Waals surface area contributed by atoms with Crippen LogP contribution in [0.25, 0.3) is 0 Å². The van der Waals surface area contributed by atoms with Crippen LogP contribution < -0.4 is 0 Å². The number of fused-ring (bicyclic) bond motifs is 1. The molecular weight excluding hydrogens is 394 g/mol. The largest absolute Gasteiger partial charge is 0.507 e. The zero-order valence-electron chi connectivity index (χ0n) is 17.3. The molecule has 0 amide bonds. The summed E-state index contributed by atoms with van der Waals surface area (Å²) >= 11 is 1.28. The Morgan fingerprint density at radius 1 is 1.14 bits per heavy atom. The van der Waals surface area contributed by atoms with Crippen molar-refractivity contribution in [3.05, 3.63) is 28.8 Å². The summed E-state index contributed by atoms with van der Waals surface area (Å²) in [7, 11) is -3.07. The number of benzene rings is 1. The zero-order chi connectivity index (χ0) is 21.1. The summed E-state index contributed by atoms with van der Waals surface area (Å²) in [6.07, 6.45) is 1.67. The molecule has 0 unspecified atom stereocenters. The fourth-order valence-corrected chi connectivity index (χ4v) is 7.34. The summed E-state index contributed by atoms with van der Waals surface area (Å²) in [5.41, 5.74) is 2.03. The Balaban J connectivity index is 1.99. The average molecular weight is 424 g/mol. The van der Waals surface area contributed by atoms with E-state index in [2.05, 4.69) is 46.6 Å². The van der Waals surface area contributed by atoms with Gasteiger partial charge in [-0.15, -0.1) is 0 Å². The lowest BCUT2D eigenvalue weighted by molar-refractivity contribution is 0.376. The van der Waals surface area contributed by atoms with Gasteiger partial charge in [0.15, 0.2) is 15.0 Å². The van der Waals surface area contributed by atoms with Crippen molar-refractivity contribution in [1.29, 1.82) is 5.41 Å². The van der Waals surface area contributed by atoms with E-state index in [4.69, 9.17) is 5.41 Å². The Hall–Kier alpha value is -1.54. The van der Waals surface area contributed by atoms with Gasteiger partial charge in [-0.05, 0) is 28.5 Å². The summed E-state index contributed by atoms with van der Waals surface area (Å²) < 4.78 is 23.9. The van der Waals surface area contributed by atoms with Gasteiger partial charge in [-0.1, -0.05) is 53.3 Å². The number of hydrogen-bond acceptors (Lipinski definition) is 6. The van der Waals surface area contributed by atoms with Crippen molar-refractivity contribution in [3.63, 3.8) is 0 Å². The third-order valence-electron chi connectivity index (χ3n) is 5.14. The van der Waals surface area contributed by atoms with E-state index in [0.717, 1.165) is 16.7 Å². The third-order valence-corrected chi connectivity index (χ3v) is 8.26. The van der Waals surface area contributed by atoms with Crippen LogP contribution in [0.2, 0.25) is 0 Å². The van der Waals surface area contributed by atoms with Gasteiger partial charge in [-0.2, -0.15) is 5.10 Å². The zero-order valence-corrected chi connectivity index (χ0v) is 18.9. The number of sulfone groups is 1. The van der Waals surface area contributed by atoms with Crippen molar-refractivity contribution in [3.8, 4) is 5.75 Å². The SMILES string of the molecule is CC(C)(C)c1cc(/C=N\N2C(=N)S[C@H]3CS(=O)(=O)C[C@H]32)cc(C(C)(C)C)c1O. The van der Waals surface area contributed by atoms with E-state index >= 15 is 0 Å². The van der Waals surface area contributed by atoms with Gasteiger partial charge in [0, 0.05) is 16.4 Å². The highest BCUT2D eigenvalue weighted by molar-refractivity contribution is 8.15. The Bertz CT molecular complexity index is 905. The highest BCUT2D eigenvalue weighted by Gasteiger charge is 2.48. The van der Waals surface area contributed by atoms with Crippen molar-refractivity contribution in [2.24, 2.45) is 5.10 Å². The minimum absolute atomic E-state index is 0.0421. The molecule has 1 aromatic carbocycles. The molecule has 154 valence electrons. The van der Waals surface area contributed by atoms with Crippen LogP contribution in [0, 0.1) is 5.41 Å². The molecule has 3 rings (SSSR count). The van der Waals surface area contributed by atoms with E-state index in [1.807, 2.05) is 12.1 Å². The first kappa shape index (κ1) is 21.2. The van der Waals surface area contributed by atoms with Crippen molar-refractivity contribution in [2.75, 3.05) is 11.5 Å². The smallest absolute Gasteiger partial charge is 0.177 e. The first-order valence-electron chi connectivity index (χ1n) is 9.36. The normalized spacial score (nSPS) is 24.9. The van der Waals surface area contributed by atoms with E-state index in [1.54, 1.807) is 6.21 Å². The van der Waals surface area contributed by atoms with Crippen LogP contribution in [0.15, 0.2) is 17.2 Å². The fraction of sp³-hybridized carbons (Fsp3) is 0.600. The predicted molar refractivity (Wildman–Crippen MR) is 116 cm³/mol. The summed E-state index contributed by atoms with van der Waals surface area (Å²) in [5.74, 6) is 0.460. The van der Waals surface area contributed by atoms with E-state index < -0.39 is 9.84 Å². The maximum absolute atomic E-state index is 11.9. The van der Waals surface area contributed by atoms with Gasteiger partial charge in [0.25, 0.3) is 0 Å². The van der Waals surface area contributed by atoms with Gasteiger partial charge in [-0.25, -0.2) is 13.4 Å². The van der Waals surface area contributed by atoms with Gasteiger partial charge in [0.2, 0.25) is 0 Å². The summed E-state index contributed by atoms with van der Waals surface area (Å²) in [6.45, 7) is 12.3. The number of thioether (sulfide) groups is 1. The maximum Gasteiger partial charge on any atom is 0.177 e. The molecule has 2 N–H and O–H groups in total. The van der Waals surface area contributed by atoms with E-state index in [9.17, 15) is 13.5 Å². The second-order valence-corrected chi connectivity index (χ2v) is 13.0. The van der Waals surface area contributed by atoms with Gasteiger partial charge >= 0.3 is 0 Å². The molecular formula is C20H29N3O3S2. The molecule has 0 bridgehead atoms. The van der Waals surface area contributed by atoms with Crippen LogP contribution in [-0.4, -0.2) is 52.7 Å². The Morgan fingerprint density at radius 3 is 2.18 bits per heavy atom. The second-order valence-electron chi connectivity index (χ2n) is 9.66. The minimum atomic E-state index is -3.07. The van der Waals surface area contributed by atoms with Gasteiger partial charge in [0.1, 0.15) is 5.75 Å². The van der Waals surface area contributed by atoms with E-state index in [-0.39, 0.29) is 38.8 Å².